The summed E-state index contributed by atoms with van der Waals surface area (Å²) in [4.78, 5) is 14.9. The first-order valence-corrected chi connectivity index (χ1v) is 4.65. The second-order valence-corrected chi connectivity index (χ2v) is 3.00. The normalized spacial score (nSPS) is 12.4. The third-order valence-corrected chi connectivity index (χ3v) is 1.90. The van der Waals surface area contributed by atoms with Gasteiger partial charge < -0.3 is 10.1 Å². The summed E-state index contributed by atoms with van der Waals surface area (Å²) in [7, 11) is 1.34. The highest BCUT2D eigenvalue weighted by atomic mass is 16.5. The Bertz CT molecular complexity index is 336. The van der Waals surface area contributed by atoms with Crippen LogP contribution < -0.4 is 5.32 Å². The van der Waals surface area contributed by atoms with E-state index in [4.69, 9.17) is 0 Å². The van der Waals surface area contributed by atoms with Crippen LogP contribution in [0.1, 0.15) is 18.7 Å². The molecular formula is C11H14N2O2. The molecule has 0 radical (unpaired) electrons. The lowest BCUT2D eigenvalue weighted by molar-refractivity contribution is -0.134. The summed E-state index contributed by atoms with van der Waals surface area (Å²) in [5.41, 5.74) is 0.923. The van der Waals surface area contributed by atoms with Crippen molar-refractivity contribution in [3.8, 4) is 0 Å². The van der Waals surface area contributed by atoms with Crippen LogP contribution in [-0.4, -0.2) is 18.1 Å². The van der Waals surface area contributed by atoms with Crippen molar-refractivity contribution in [2.75, 3.05) is 7.11 Å². The predicted octanol–water partition coefficient (Wildman–Crippen LogP) is 1.42. The van der Waals surface area contributed by atoms with Crippen molar-refractivity contribution in [2.24, 2.45) is 0 Å². The van der Waals surface area contributed by atoms with Crippen molar-refractivity contribution in [1.82, 2.24) is 10.3 Å². The van der Waals surface area contributed by atoms with Crippen LogP contribution in [0.15, 0.2) is 36.7 Å². The molecule has 80 valence electrons. The Morgan fingerprint density at radius 2 is 2.40 bits per heavy atom. The fourth-order valence-electron chi connectivity index (χ4n) is 1.05. The molecule has 4 heteroatoms. The second kappa shape index (κ2) is 5.80. The first kappa shape index (κ1) is 11.2. The van der Waals surface area contributed by atoms with Gasteiger partial charge in [0.1, 0.15) is 0 Å². The number of rotatable bonds is 4. The highest BCUT2D eigenvalue weighted by molar-refractivity contribution is 5.81. The van der Waals surface area contributed by atoms with Gasteiger partial charge in [0.2, 0.25) is 0 Å². The number of aromatic nitrogens is 1. The number of hydrogen-bond donors (Lipinski definition) is 1. The minimum atomic E-state index is -0.379. The number of pyridine rings is 1. The molecule has 0 aliphatic carbocycles. The zero-order valence-electron chi connectivity index (χ0n) is 8.81. The Labute approximate surface area is 89.0 Å². The number of nitrogens with one attached hydrogen (secondary N) is 1. The zero-order chi connectivity index (χ0) is 11.1. The molecule has 1 aromatic rings. The van der Waals surface area contributed by atoms with E-state index in [2.05, 4.69) is 15.0 Å². The molecule has 0 fully saturated rings. The van der Waals surface area contributed by atoms with Crippen molar-refractivity contribution in [2.45, 2.75) is 13.0 Å². The second-order valence-electron chi connectivity index (χ2n) is 3.00. The van der Waals surface area contributed by atoms with Gasteiger partial charge in [0.15, 0.2) is 0 Å². The van der Waals surface area contributed by atoms with Crippen molar-refractivity contribution >= 4 is 5.97 Å². The van der Waals surface area contributed by atoms with Crippen molar-refractivity contribution in [3.63, 3.8) is 0 Å². The van der Waals surface area contributed by atoms with Gasteiger partial charge in [-0.25, -0.2) is 4.79 Å². The first-order valence-electron chi connectivity index (χ1n) is 4.65. The van der Waals surface area contributed by atoms with Gasteiger partial charge >= 0.3 is 5.97 Å². The van der Waals surface area contributed by atoms with Crippen LogP contribution in [0.2, 0.25) is 0 Å². The van der Waals surface area contributed by atoms with E-state index in [1.165, 1.54) is 13.2 Å². The van der Waals surface area contributed by atoms with Crippen LogP contribution in [0.25, 0.3) is 0 Å². The summed E-state index contributed by atoms with van der Waals surface area (Å²) < 4.78 is 4.46. The Kier molecular flexibility index (Phi) is 4.34. The zero-order valence-corrected chi connectivity index (χ0v) is 8.81. The molecule has 15 heavy (non-hydrogen) atoms. The molecule has 0 spiro atoms. The fraction of sp³-hybridized carbons (Fsp3) is 0.273. The standard InChI is InChI=1S/C11H14N2O2/c1-9(10-5-3-4-7-13-10)12-8-6-11(14)15-2/h3-9,12H,1-2H3/b8-6+. The molecular weight excluding hydrogens is 192 g/mol. The summed E-state index contributed by atoms with van der Waals surface area (Å²) in [5.74, 6) is -0.379. The number of carbonyl (C=O) groups excluding carboxylic acids is 1. The average Bonchev–Trinajstić information content (AvgIpc) is 2.29. The van der Waals surface area contributed by atoms with Gasteiger partial charge in [-0.15, -0.1) is 0 Å². The van der Waals surface area contributed by atoms with Crippen LogP contribution in [-0.2, 0) is 9.53 Å². The molecule has 1 N–H and O–H groups in total. The Morgan fingerprint density at radius 1 is 1.60 bits per heavy atom. The molecule has 1 heterocycles. The summed E-state index contributed by atoms with van der Waals surface area (Å²) in [6.45, 7) is 1.96. The first-order chi connectivity index (χ1) is 7.24. The van der Waals surface area contributed by atoms with Crippen molar-refractivity contribution in [3.05, 3.63) is 42.4 Å². The van der Waals surface area contributed by atoms with Gasteiger partial charge in [-0.2, -0.15) is 0 Å². The molecule has 0 aliphatic rings. The van der Waals surface area contributed by atoms with Gasteiger partial charge in [-0.3, -0.25) is 4.98 Å². The van der Waals surface area contributed by atoms with Crippen LogP contribution in [0, 0.1) is 0 Å². The topological polar surface area (TPSA) is 51.2 Å². The average molecular weight is 206 g/mol. The molecule has 4 nitrogen and oxygen atoms in total. The van der Waals surface area contributed by atoms with E-state index < -0.39 is 0 Å². The molecule has 0 bridgehead atoms. The molecule has 1 atom stereocenters. The molecule has 0 saturated heterocycles. The molecule has 0 aromatic carbocycles. The molecule has 0 aliphatic heterocycles. The monoisotopic (exact) mass is 206 g/mol. The molecule has 1 aromatic heterocycles. The lowest BCUT2D eigenvalue weighted by atomic mass is 10.2. The summed E-state index contributed by atoms with van der Waals surface area (Å²) in [5, 5.41) is 3.02. The molecule has 1 rings (SSSR count). The van der Waals surface area contributed by atoms with E-state index in [0.29, 0.717) is 0 Å². The van der Waals surface area contributed by atoms with Gasteiger partial charge in [0.05, 0.1) is 18.8 Å². The van der Waals surface area contributed by atoms with Crippen LogP contribution >= 0.6 is 0 Å². The van der Waals surface area contributed by atoms with E-state index in [1.54, 1.807) is 12.4 Å². The third-order valence-electron chi connectivity index (χ3n) is 1.90. The maximum Gasteiger partial charge on any atom is 0.331 e. The van der Waals surface area contributed by atoms with Gasteiger partial charge in [-0.1, -0.05) is 6.07 Å². The highest BCUT2D eigenvalue weighted by Crippen LogP contribution is 2.06. The van der Waals surface area contributed by atoms with Gasteiger partial charge in [-0.05, 0) is 19.1 Å². The summed E-state index contributed by atoms with van der Waals surface area (Å²) in [6.07, 6.45) is 4.63. The maximum atomic E-state index is 10.8. The smallest absolute Gasteiger partial charge is 0.331 e. The third kappa shape index (κ3) is 3.81. The van der Waals surface area contributed by atoms with Gasteiger partial charge in [0.25, 0.3) is 0 Å². The maximum absolute atomic E-state index is 10.8. The van der Waals surface area contributed by atoms with Crippen LogP contribution in [0.3, 0.4) is 0 Å². The fourth-order valence-corrected chi connectivity index (χ4v) is 1.05. The van der Waals surface area contributed by atoms with E-state index >= 15 is 0 Å². The number of ether oxygens (including phenoxy) is 1. The Hall–Kier alpha value is -1.84. The van der Waals surface area contributed by atoms with E-state index in [0.717, 1.165) is 5.69 Å². The number of hydrogen-bond acceptors (Lipinski definition) is 4. The SMILES string of the molecule is COC(=O)/C=C/NC(C)c1ccccn1. The largest absolute Gasteiger partial charge is 0.466 e. The summed E-state index contributed by atoms with van der Waals surface area (Å²) >= 11 is 0. The Balaban J connectivity index is 2.47. The van der Waals surface area contributed by atoms with Gasteiger partial charge in [0, 0.05) is 18.5 Å². The Morgan fingerprint density at radius 3 is 3.00 bits per heavy atom. The van der Waals surface area contributed by atoms with E-state index in [1.807, 2.05) is 25.1 Å². The summed E-state index contributed by atoms with van der Waals surface area (Å²) in [6, 6.07) is 5.77. The van der Waals surface area contributed by atoms with Crippen LogP contribution in [0.5, 0.6) is 0 Å². The minimum absolute atomic E-state index is 0.0621. The number of carbonyl (C=O) groups is 1. The number of esters is 1. The molecule has 0 amide bonds. The van der Waals surface area contributed by atoms with E-state index in [-0.39, 0.29) is 12.0 Å². The van der Waals surface area contributed by atoms with Crippen LogP contribution in [0.4, 0.5) is 0 Å². The lowest BCUT2D eigenvalue weighted by Crippen LogP contribution is -2.13. The lowest BCUT2D eigenvalue weighted by Gasteiger charge is -2.10. The number of methoxy groups -OCH3 is 1. The van der Waals surface area contributed by atoms with E-state index in [9.17, 15) is 4.79 Å². The highest BCUT2D eigenvalue weighted by Gasteiger charge is 2.02. The molecule has 1 unspecified atom stereocenters. The van der Waals surface area contributed by atoms with Crippen molar-refractivity contribution in [1.29, 1.82) is 0 Å². The minimum Gasteiger partial charge on any atom is -0.466 e. The molecule has 0 saturated carbocycles. The quantitative estimate of drug-likeness (QED) is 0.598. The predicted molar refractivity (Wildman–Crippen MR) is 56.9 cm³/mol. The number of nitrogens with zero attached hydrogens (tertiary/aromatic N) is 1. The van der Waals surface area contributed by atoms with Crippen molar-refractivity contribution < 1.29 is 9.53 Å².